The predicted octanol–water partition coefficient (Wildman–Crippen LogP) is 4.52. The number of ketones is 1. The lowest BCUT2D eigenvalue weighted by atomic mass is 10.1. The van der Waals surface area contributed by atoms with Gasteiger partial charge in [0.05, 0.1) is 0 Å². The highest BCUT2D eigenvalue weighted by atomic mass is 32.2. The van der Waals surface area contributed by atoms with Crippen molar-refractivity contribution in [3.8, 4) is 0 Å². The fourth-order valence-electron chi connectivity index (χ4n) is 2.35. The van der Waals surface area contributed by atoms with E-state index in [-0.39, 0.29) is 11.7 Å². The van der Waals surface area contributed by atoms with Crippen LogP contribution in [0.1, 0.15) is 33.1 Å². The van der Waals surface area contributed by atoms with E-state index in [0.29, 0.717) is 11.3 Å². The van der Waals surface area contributed by atoms with E-state index in [1.807, 2.05) is 37.3 Å². The Morgan fingerprint density at radius 2 is 1.85 bits per heavy atom. The maximum atomic E-state index is 12.9. The first kappa shape index (κ1) is 18.3. The van der Waals surface area contributed by atoms with Gasteiger partial charge in [-0.2, -0.15) is 0 Å². The molecule has 0 aliphatic heterocycles. The maximum absolute atomic E-state index is 12.9. The first-order chi connectivity index (χ1) is 12.5. The third-order valence-electron chi connectivity index (χ3n) is 3.60. The summed E-state index contributed by atoms with van der Waals surface area (Å²) in [5.74, 6) is -0.214. The van der Waals surface area contributed by atoms with Gasteiger partial charge in [-0.05, 0) is 31.5 Å². The number of carbonyl (C=O) groups excluding carboxylic acids is 2. The van der Waals surface area contributed by atoms with Gasteiger partial charge in [0, 0.05) is 11.3 Å². The van der Waals surface area contributed by atoms with E-state index in [2.05, 4.69) is 15.5 Å². The van der Waals surface area contributed by atoms with Gasteiger partial charge in [-0.15, -0.1) is 10.2 Å². The molecule has 0 saturated heterocycles. The van der Waals surface area contributed by atoms with E-state index in [1.54, 1.807) is 24.3 Å². The number of nitrogens with zero attached hydrogens (tertiary/aromatic N) is 2. The van der Waals surface area contributed by atoms with Crippen LogP contribution in [0.4, 0.5) is 5.69 Å². The number of aromatic nitrogens is 2. The van der Waals surface area contributed by atoms with Crippen LogP contribution < -0.4 is 5.32 Å². The molecule has 0 fully saturated rings. The number of hydrogen-bond acceptors (Lipinski definition) is 6. The number of benzene rings is 2. The Morgan fingerprint density at radius 3 is 2.50 bits per heavy atom. The number of hydrogen-bond donors (Lipinski definition) is 1. The number of anilines is 1. The number of aryl methyl sites for hydroxylation is 1. The van der Waals surface area contributed by atoms with Crippen molar-refractivity contribution in [2.75, 3.05) is 5.32 Å². The molecule has 1 aromatic heterocycles. The van der Waals surface area contributed by atoms with Crippen molar-refractivity contribution in [3.63, 3.8) is 0 Å². The van der Waals surface area contributed by atoms with Gasteiger partial charge in [0.2, 0.25) is 5.91 Å². The summed E-state index contributed by atoms with van der Waals surface area (Å²) in [5, 5.41) is 11.4. The van der Waals surface area contributed by atoms with Gasteiger partial charge in [-0.1, -0.05) is 65.6 Å². The van der Waals surface area contributed by atoms with E-state index in [4.69, 9.17) is 0 Å². The van der Waals surface area contributed by atoms with Crippen LogP contribution in [0.15, 0.2) is 58.9 Å². The number of Topliss-reactive ketones (excluding diaryl/α,β-unsaturated/α-hetero) is 1. The minimum atomic E-state index is -0.468. The molecule has 0 radical (unpaired) electrons. The van der Waals surface area contributed by atoms with Crippen LogP contribution in [0.2, 0.25) is 0 Å². The zero-order valence-electron chi connectivity index (χ0n) is 14.3. The van der Waals surface area contributed by atoms with Crippen molar-refractivity contribution in [2.24, 2.45) is 0 Å². The van der Waals surface area contributed by atoms with Crippen molar-refractivity contribution in [2.45, 2.75) is 23.4 Å². The number of thioether (sulfide) groups is 1. The van der Waals surface area contributed by atoms with Crippen molar-refractivity contribution >= 4 is 40.5 Å². The molecule has 1 atom stereocenters. The largest absolute Gasteiger partial charge is 0.325 e. The molecule has 0 aliphatic rings. The second kappa shape index (κ2) is 8.25. The van der Waals surface area contributed by atoms with E-state index in [0.717, 1.165) is 14.9 Å². The van der Waals surface area contributed by atoms with Crippen molar-refractivity contribution < 1.29 is 9.59 Å². The number of nitrogens with one attached hydrogen (secondary N) is 1. The standard InChI is InChI=1S/C19H17N3O2S2/c1-12(23)15-9-6-10-16(11-15)20-18(24)17(14-7-4-3-5-8-14)26-19-22-21-13(2)25-19/h3-11,17H,1-2H3,(H,20,24). The van der Waals surface area contributed by atoms with Gasteiger partial charge >= 0.3 is 0 Å². The zero-order chi connectivity index (χ0) is 18.5. The molecule has 1 heterocycles. The highest BCUT2D eigenvalue weighted by Gasteiger charge is 2.24. The van der Waals surface area contributed by atoms with Gasteiger partial charge < -0.3 is 5.32 Å². The van der Waals surface area contributed by atoms with Gasteiger partial charge in [0.15, 0.2) is 10.1 Å². The average Bonchev–Trinajstić information content (AvgIpc) is 3.05. The molecule has 1 unspecified atom stereocenters. The minimum absolute atomic E-state index is 0.0422. The normalized spacial score (nSPS) is 11.8. The molecular formula is C19H17N3O2S2. The number of rotatable bonds is 6. The molecule has 7 heteroatoms. The fraction of sp³-hybridized carbons (Fsp3) is 0.158. The molecule has 0 bridgehead atoms. The quantitative estimate of drug-likeness (QED) is 0.500. The second-order valence-corrected chi connectivity index (χ2v) is 8.16. The van der Waals surface area contributed by atoms with Crippen LogP contribution in [0.5, 0.6) is 0 Å². The smallest absolute Gasteiger partial charge is 0.242 e. The molecule has 0 saturated carbocycles. The highest BCUT2D eigenvalue weighted by Crippen LogP contribution is 2.37. The molecule has 0 spiro atoms. The van der Waals surface area contributed by atoms with Crippen LogP contribution in [-0.2, 0) is 4.79 Å². The molecule has 0 aliphatic carbocycles. The molecule has 1 amide bonds. The molecular weight excluding hydrogens is 366 g/mol. The van der Waals surface area contributed by atoms with Crippen LogP contribution in [0.3, 0.4) is 0 Å². The Hall–Kier alpha value is -2.51. The molecule has 1 N–H and O–H groups in total. The van der Waals surface area contributed by atoms with Gasteiger partial charge in [-0.3, -0.25) is 9.59 Å². The van der Waals surface area contributed by atoms with E-state index >= 15 is 0 Å². The summed E-state index contributed by atoms with van der Waals surface area (Å²) in [7, 11) is 0. The molecule has 3 aromatic rings. The fourth-order valence-corrected chi connectivity index (χ4v) is 4.36. The van der Waals surface area contributed by atoms with Gasteiger partial charge in [-0.25, -0.2) is 0 Å². The van der Waals surface area contributed by atoms with Gasteiger partial charge in [0.25, 0.3) is 0 Å². The Bertz CT molecular complexity index is 925. The Kier molecular flexibility index (Phi) is 5.80. The third-order valence-corrected chi connectivity index (χ3v) is 5.78. The predicted molar refractivity (Wildman–Crippen MR) is 105 cm³/mol. The zero-order valence-corrected chi connectivity index (χ0v) is 15.9. The summed E-state index contributed by atoms with van der Waals surface area (Å²) < 4.78 is 0.740. The van der Waals surface area contributed by atoms with E-state index in [1.165, 1.54) is 30.0 Å². The van der Waals surface area contributed by atoms with Crippen molar-refractivity contribution in [3.05, 3.63) is 70.7 Å². The first-order valence-electron chi connectivity index (χ1n) is 7.96. The lowest BCUT2D eigenvalue weighted by Gasteiger charge is -2.16. The molecule has 3 rings (SSSR count). The van der Waals surface area contributed by atoms with Crippen LogP contribution in [-0.4, -0.2) is 21.9 Å². The van der Waals surface area contributed by atoms with Crippen LogP contribution >= 0.6 is 23.1 Å². The highest BCUT2D eigenvalue weighted by molar-refractivity contribution is 8.01. The monoisotopic (exact) mass is 383 g/mol. The lowest BCUT2D eigenvalue weighted by molar-refractivity contribution is -0.115. The van der Waals surface area contributed by atoms with Crippen LogP contribution in [0.25, 0.3) is 0 Å². The average molecular weight is 383 g/mol. The number of carbonyl (C=O) groups is 2. The Balaban J connectivity index is 1.85. The summed E-state index contributed by atoms with van der Waals surface area (Å²) in [5.41, 5.74) is 2.04. The van der Waals surface area contributed by atoms with Crippen molar-refractivity contribution in [1.82, 2.24) is 10.2 Å². The lowest BCUT2D eigenvalue weighted by Crippen LogP contribution is -2.19. The first-order valence-corrected chi connectivity index (χ1v) is 9.66. The summed E-state index contributed by atoms with van der Waals surface area (Å²) in [6, 6.07) is 16.5. The topological polar surface area (TPSA) is 72.0 Å². The van der Waals surface area contributed by atoms with Gasteiger partial charge in [0.1, 0.15) is 10.3 Å². The molecule has 26 heavy (non-hydrogen) atoms. The maximum Gasteiger partial charge on any atom is 0.242 e. The summed E-state index contributed by atoms with van der Waals surface area (Å²) in [4.78, 5) is 24.5. The summed E-state index contributed by atoms with van der Waals surface area (Å²) in [6.07, 6.45) is 0. The van der Waals surface area contributed by atoms with E-state index in [9.17, 15) is 9.59 Å². The van der Waals surface area contributed by atoms with Crippen LogP contribution in [0, 0.1) is 6.92 Å². The van der Waals surface area contributed by atoms with Crippen molar-refractivity contribution in [1.29, 1.82) is 0 Å². The molecule has 2 aromatic carbocycles. The molecule has 5 nitrogen and oxygen atoms in total. The van der Waals surface area contributed by atoms with E-state index < -0.39 is 5.25 Å². The number of amides is 1. The SMILES string of the molecule is CC(=O)c1cccc(NC(=O)C(Sc2nnc(C)s2)c2ccccc2)c1. The Morgan fingerprint density at radius 1 is 1.08 bits per heavy atom. The second-order valence-electron chi connectivity index (χ2n) is 5.62. The molecule has 132 valence electrons. The summed E-state index contributed by atoms with van der Waals surface area (Å²) >= 11 is 2.82. The summed E-state index contributed by atoms with van der Waals surface area (Å²) in [6.45, 7) is 3.38. The Labute approximate surface area is 159 Å². The minimum Gasteiger partial charge on any atom is -0.325 e. The third kappa shape index (κ3) is 4.56.